The molecule has 0 atom stereocenters. The molecule has 1 rings (SSSR count). The van der Waals surface area contributed by atoms with E-state index in [4.69, 9.17) is 0 Å². The van der Waals surface area contributed by atoms with E-state index in [1.54, 1.807) is 18.2 Å². The lowest BCUT2D eigenvalue weighted by atomic mass is 10.2. The van der Waals surface area contributed by atoms with Crippen molar-refractivity contribution >= 4 is 6.08 Å². The fourth-order valence-corrected chi connectivity index (χ4v) is 0.655. The average Bonchev–Trinajstić information content (AvgIpc) is 2.05. The van der Waals surface area contributed by atoms with Crippen LogP contribution in [0.5, 0.6) is 5.75 Å². The van der Waals surface area contributed by atoms with Crippen molar-refractivity contribution in [3.05, 3.63) is 36.4 Å². The number of halogens is 1. The Morgan fingerprint density at radius 1 is 1.30 bits per heavy atom. The van der Waals surface area contributed by atoms with Gasteiger partial charge in [-0.25, -0.2) is 0 Å². The van der Waals surface area contributed by atoms with E-state index in [0.29, 0.717) is 0 Å². The van der Waals surface area contributed by atoms with Crippen molar-refractivity contribution in [3.63, 3.8) is 0 Å². The molecule has 0 radical (unpaired) electrons. The zero-order valence-corrected chi connectivity index (χ0v) is 5.38. The van der Waals surface area contributed by atoms with Crippen LogP contribution in [0.1, 0.15) is 5.56 Å². The number of benzene rings is 1. The minimum atomic E-state index is 0.214. The minimum absolute atomic E-state index is 0.214. The normalized spacial score (nSPS) is 8.90. The first kappa shape index (κ1) is 6.81. The Kier molecular flexibility index (Phi) is 2.05. The molecule has 0 spiro atoms. The average molecular weight is 138 g/mol. The summed E-state index contributed by atoms with van der Waals surface area (Å²) in [5.74, 6) is 0.214. The van der Waals surface area contributed by atoms with Crippen LogP contribution >= 0.6 is 0 Å². The minimum Gasteiger partial charge on any atom is -0.294 e. The van der Waals surface area contributed by atoms with Crippen molar-refractivity contribution in [2.75, 3.05) is 0 Å². The Morgan fingerprint density at radius 3 is 2.30 bits per heavy atom. The maximum atomic E-state index is 11.4. The van der Waals surface area contributed by atoms with Crippen molar-refractivity contribution in [1.29, 1.82) is 0 Å². The van der Waals surface area contributed by atoms with Crippen LogP contribution in [0.25, 0.3) is 6.08 Å². The molecular formula is C8H7FO. The predicted octanol–water partition coefficient (Wildman–Crippen LogP) is 2.59. The molecule has 0 saturated heterocycles. The zero-order chi connectivity index (χ0) is 7.40. The molecule has 0 fully saturated rings. The molecule has 0 bridgehead atoms. The van der Waals surface area contributed by atoms with Gasteiger partial charge in [0, 0.05) is 4.53 Å². The van der Waals surface area contributed by atoms with Crippen molar-refractivity contribution in [2.24, 2.45) is 0 Å². The molecule has 10 heavy (non-hydrogen) atoms. The van der Waals surface area contributed by atoms with Crippen LogP contribution in [0.2, 0.25) is 0 Å². The summed E-state index contributed by atoms with van der Waals surface area (Å²) >= 11 is 0. The van der Waals surface area contributed by atoms with Crippen molar-refractivity contribution in [3.8, 4) is 5.75 Å². The SMILES string of the molecule is C=Cc1ccc(OF)cc1. The first-order valence-corrected chi connectivity index (χ1v) is 2.88. The highest BCUT2D eigenvalue weighted by Gasteiger charge is 1.90. The van der Waals surface area contributed by atoms with Gasteiger partial charge in [-0.2, -0.15) is 0 Å². The Bertz CT molecular complexity index is 215. The molecule has 0 aliphatic heterocycles. The lowest BCUT2D eigenvalue weighted by molar-refractivity contribution is -0.00620. The van der Waals surface area contributed by atoms with Gasteiger partial charge in [-0.15, -0.1) is 0 Å². The Balaban J connectivity index is 2.90. The fraction of sp³-hybridized carbons (Fsp3) is 0. The van der Waals surface area contributed by atoms with Crippen LogP contribution < -0.4 is 4.94 Å². The van der Waals surface area contributed by atoms with Crippen LogP contribution in [-0.4, -0.2) is 0 Å². The maximum absolute atomic E-state index is 11.4. The summed E-state index contributed by atoms with van der Waals surface area (Å²) in [7, 11) is 0. The van der Waals surface area contributed by atoms with Gasteiger partial charge in [-0.05, 0) is 17.7 Å². The van der Waals surface area contributed by atoms with Crippen molar-refractivity contribution in [2.45, 2.75) is 0 Å². The highest BCUT2D eigenvalue weighted by Crippen LogP contribution is 2.12. The van der Waals surface area contributed by atoms with E-state index in [1.165, 1.54) is 12.1 Å². The van der Waals surface area contributed by atoms with E-state index < -0.39 is 0 Å². The molecule has 1 aromatic carbocycles. The summed E-state index contributed by atoms with van der Waals surface area (Å²) < 4.78 is 11.4. The third kappa shape index (κ3) is 1.35. The van der Waals surface area contributed by atoms with Crippen LogP contribution in [0.4, 0.5) is 4.53 Å². The quantitative estimate of drug-likeness (QED) is 0.610. The van der Waals surface area contributed by atoms with E-state index in [2.05, 4.69) is 11.5 Å². The zero-order valence-electron chi connectivity index (χ0n) is 5.38. The summed E-state index contributed by atoms with van der Waals surface area (Å²) in [6, 6.07) is 6.53. The summed E-state index contributed by atoms with van der Waals surface area (Å²) in [5, 5.41) is 0. The first-order chi connectivity index (χ1) is 4.86. The van der Waals surface area contributed by atoms with Gasteiger partial charge in [0.1, 0.15) is 0 Å². The Labute approximate surface area is 58.7 Å². The second kappa shape index (κ2) is 3.01. The van der Waals surface area contributed by atoms with E-state index in [0.717, 1.165) is 5.56 Å². The van der Waals surface area contributed by atoms with Crippen LogP contribution in [0, 0.1) is 0 Å². The summed E-state index contributed by atoms with van der Waals surface area (Å²) in [6.45, 7) is 3.55. The predicted molar refractivity (Wildman–Crippen MR) is 38.3 cm³/mol. The third-order valence-electron chi connectivity index (χ3n) is 1.20. The van der Waals surface area contributed by atoms with E-state index in [1.807, 2.05) is 0 Å². The highest BCUT2D eigenvalue weighted by atomic mass is 19.3. The molecule has 0 aromatic heterocycles. The lowest BCUT2D eigenvalue weighted by Gasteiger charge is -1.93. The molecule has 0 heterocycles. The molecule has 1 aromatic rings. The Morgan fingerprint density at radius 2 is 1.90 bits per heavy atom. The second-order valence-corrected chi connectivity index (χ2v) is 1.85. The van der Waals surface area contributed by atoms with Gasteiger partial charge in [0.25, 0.3) is 0 Å². The highest BCUT2D eigenvalue weighted by molar-refractivity contribution is 5.48. The molecule has 0 saturated carbocycles. The van der Waals surface area contributed by atoms with Gasteiger partial charge in [0.2, 0.25) is 0 Å². The topological polar surface area (TPSA) is 9.23 Å². The molecule has 0 aliphatic rings. The lowest BCUT2D eigenvalue weighted by Crippen LogP contribution is -1.75. The second-order valence-electron chi connectivity index (χ2n) is 1.85. The van der Waals surface area contributed by atoms with E-state index in [9.17, 15) is 4.53 Å². The molecule has 52 valence electrons. The maximum Gasteiger partial charge on any atom is 0.171 e. The third-order valence-corrected chi connectivity index (χ3v) is 1.20. The van der Waals surface area contributed by atoms with Crippen molar-refractivity contribution < 1.29 is 9.47 Å². The monoisotopic (exact) mass is 138 g/mol. The van der Waals surface area contributed by atoms with Crippen molar-refractivity contribution in [1.82, 2.24) is 0 Å². The molecule has 0 N–H and O–H groups in total. The van der Waals surface area contributed by atoms with Crippen LogP contribution in [-0.2, 0) is 0 Å². The van der Waals surface area contributed by atoms with Gasteiger partial charge >= 0.3 is 0 Å². The number of rotatable bonds is 2. The van der Waals surface area contributed by atoms with Gasteiger partial charge < -0.3 is 0 Å². The molecular weight excluding hydrogens is 131 g/mol. The summed E-state index contributed by atoms with van der Waals surface area (Å²) in [4.78, 5) is 3.48. The smallest absolute Gasteiger partial charge is 0.171 e. The fourth-order valence-electron chi connectivity index (χ4n) is 0.655. The molecule has 0 unspecified atom stereocenters. The summed E-state index contributed by atoms with van der Waals surface area (Å²) in [6.07, 6.45) is 1.68. The van der Waals surface area contributed by atoms with E-state index in [-0.39, 0.29) is 5.75 Å². The summed E-state index contributed by atoms with van der Waals surface area (Å²) in [5.41, 5.74) is 0.945. The van der Waals surface area contributed by atoms with Gasteiger partial charge in [0.15, 0.2) is 5.75 Å². The number of hydrogen-bond donors (Lipinski definition) is 0. The molecule has 1 nitrogen and oxygen atoms in total. The Hall–Kier alpha value is -1.31. The van der Waals surface area contributed by atoms with E-state index >= 15 is 0 Å². The largest absolute Gasteiger partial charge is 0.294 e. The van der Waals surface area contributed by atoms with Gasteiger partial charge in [-0.3, -0.25) is 4.94 Å². The van der Waals surface area contributed by atoms with Crippen LogP contribution in [0.3, 0.4) is 0 Å². The molecule has 0 amide bonds. The van der Waals surface area contributed by atoms with Gasteiger partial charge in [-0.1, -0.05) is 24.8 Å². The first-order valence-electron chi connectivity index (χ1n) is 2.88. The molecule has 2 heteroatoms. The van der Waals surface area contributed by atoms with Crippen LogP contribution in [0.15, 0.2) is 30.8 Å². The van der Waals surface area contributed by atoms with Gasteiger partial charge in [0.05, 0.1) is 0 Å². The molecule has 0 aliphatic carbocycles. The standard InChI is InChI=1S/C8H7FO/c1-2-7-3-5-8(10-9)6-4-7/h2-6H,1H2. The number of hydrogen-bond acceptors (Lipinski definition) is 1.